The maximum absolute atomic E-state index is 12.2. The predicted octanol–water partition coefficient (Wildman–Crippen LogP) is 7.95. The Morgan fingerprint density at radius 3 is 1.06 bits per heavy atom. The van der Waals surface area contributed by atoms with Crippen molar-refractivity contribution in [2.45, 2.75) is 101 Å². The predicted molar refractivity (Wildman–Crippen MR) is 243 cm³/mol. The van der Waals surface area contributed by atoms with Gasteiger partial charge in [0, 0.05) is 0 Å². The molecule has 2 N–H and O–H groups in total. The molecule has 0 radical (unpaired) electrons. The summed E-state index contributed by atoms with van der Waals surface area (Å²) in [5, 5.41) is 24.0. The first-order valence-electron chi connectivity index (χ1n) is 22.3. The minimum atomic E-state index is -1.42. The van der Waals surface area contributed by atoms with Crippen molar-refractivity contribution in [1.82, 2.24) is 0 Å². The topological polar surface area (TPSA) is 124 Å². The quantitative estimate of drug-likeness (QED) is 0.0691. The minimum absolute atomic E-state index is 0.114. The highest BCUT2D eigenvalue weighted by atomic mass is 16.7. The average molecular weight is 883 g/mol. The number of hydrogen-bond acceptors (Lipinski definition) is 11. The lowest BCUT2D eigenvalue weighted by Gasteiger charge is -2.46. The molecule has 8 rings (SSSR count). The molecule has 0 aliphatic carbocycles. The van der Waals surface area contributed by atoms with Gasteiger partial charge in [-0.3, -0.25) is 0 Å². The van der Waals surface area contributed by atoms with Gasteiger partial charge in [0.25, 0.3) is 0 Å². The second kappa shape index (κ2) is 24.4. The maximum atomic E-state index is 12.2. The molecule has 11 nitrogen and oxygen atoms in total. The third-order valence-electron chi connectivity index (χ3n) is 11.5. The van der Waals surface area contributed by atoms with Crippen LogP contribution >= 0.6 is 0 Å². The summed E-state index contributed by atoms with van der Waals surface area (Å²) in [7, 11) is 0. The van der Waals surface area contributed by atoms with Gasteiger partial charge < -0.3 is 52.8 Å². The van der Waals surface area contributed by atoms with Gasteiger partial charge in [0.1, 0.15) is 48.8 Å². The van der Waals surface area contributed by atoms with Crippen LogP contribution in [0.25, 0.3) is 0 Å². The summed E-state index contributed by atoms with van der Waals surface area (Å²) in [6.07, 6.45) is -9.77. The second-order valence-electron chi connectivity index (χ2n) is 16.2. The van der Waals surface area contributed by atoms with Crippen LogP contribution in [-0.2, 0) is 82.3 Å². The van der Waals surface area contributed by atoms with Gasteiger partial charge in [0.2, 0.25) is 0 Å². The van der Waals surface area contributed by atoms with E-state index < -0.39 is 61.4 Å². The van der Waals surface area contributed by atoms with Crippen LogP contribution in [0.4, 0.5) is 0 Å². The SMILES string of the molecule is O[C@H]1[C@@H](OC[C@H]2O[C@H](O)[C@H](OCc3ccccc3)[C@@H](OCc3ccccc3)[C@@H]2OCc2ccccc2)O[C@H](COCc2ccccc2)[C@@H](OCc2ccccc2)[C@@H]1OCc1ccccc1. The molecule has 0 spiro atoms. The Bertz CT molecular complexity index is 2210. The number of rotatable bonds is 22. The van der Waals surface area contributed by atoms with E-state index in [4.69, 9.17) is 42.6 Å². The fraction of sp³-hybridized carbons (Fsp3) is 0.333. The molecule has 0 unspecified atom stereocenters. The van der Waals surface area contributed by atoms with Crippen molar-refractivity contribution in [1.29, 1.82) is 0 Å². The summed E-state index contributed by atoms with van der Waals surface area (Å²) in [5.74, 6) is 0. The fourth-order valence-electron chi connectivity index (χ4n) is 8.05. The van der Waals surface area contributed by atoms with E-state index in [-0.39, 0.29) is 46.2 Å². The highest BCUT2D eigenvalue weighted by molar-refractivity contribution is 5.18. The van der Waals surface area contributed by atoms with Crippen LogP contribution in [0.2, 0.25) is 0 Å². The normalized spacial score (nSPS) is 25.6. The summed E-state index contributed by atoms with van der Waals surface area (Å²) < 4.78 is 58.8. The van der Waals surface area contributed by atoms with E-state index in [0.29, 0.717) is 6.61 Å². The third-order valence-corrected chi connectivity index (χ3v) is 11.5. The lowest BCUT2D eigenvalue weighted by molar-refractivity contribution is -0.344. The lowest BCUT2D eigenvalue weighted by Crippen LogP contribution is -2.63. The summed E-state index contributed by atoms with van der Waals surface area (Å²) in [4.78, 5) is 0. The standard InChI is InChI=1S/C54H58O11/c55-47-50(60-34-42-25-13-4-14-26-42)48(58-32-40-21-9-2-10-22-40)45(37-57-31-39-19-7-1-8-20-39)65-54(47)63-38-46-49(59-33-41-23-11-3-12-24-41)51(61-35-43-27-15-5-16-28-43)52(53(56)64-46)62-36-44-29-17-6-18-30-44/h1-30,45-56H,31-38H2/t45-,46-,47-,48-,49-,50-,51+,52-,53+,54+/m1/s1. The number of ether oxygens (including phenoxy) is 9. The van der Waals surface area contributed by atoms with Gasteiger partial charge in [0.15, 0.2) is 12.6 Å². The zero-order chi connectivity index (χ0) is 44.5. The van der Waals surface area contributed by atoms with Crippen LogP contribution in [0.5, 0.6) is 0 Å². The van der Waals surface area contributed by atoms with E-state index >= 15 is 0 Å². The van der Waals surface area contributed by atoms with Crippen molar-refractivity contribution in [3.63, 3.8) is 0 Å². The van der Waals surface area contributed by atoms with Crippen molar-refractivity contribution in [3.05, 3.63) is 215 Å². The molecule has 6 aromatic rings. The largest absolute Gasteiger partial charge is 0.385 e. The maximum Gasteiger partial charge on any atom is 0.186 e. The Morgan fingerprint density at radius 2 is 0.646 bits per heavy atom. The van der Waals surface area contributed by atoms with Crippen LogP contribution in [-0.4, -0.2) is 84.8 Å². The van der Waals surface area contributed by atoms with Gasteiger partial charge in [-0.05, 0) is 33.4 Å². The Morgan fingerprint density at radius 1 is 0.323 bits per heavy atom. The highest BCUT2D eigenvalue weighted by Gasteiger charge is 2.51. The summed E-state index contributed by atoms with van der Waals surface area (Å²) in [6.45, 7) is 1.39. The highest BCUT2D eigenvalue weighted by Crippen LogP contribution is 2.33. The molecule has 340 valence electrons. The molecular weight excluding hydrogens is 825 g/mol. The molecule has 65 heavy (non-hydrogen) atoms. The van der Waals surface area contributed by atoms with E-state index in [1.54, 1.807) is 0 Å². The molecule has 2 heterocycles. The van der Waals surface area contributed by atoms with E-state index in [0.717, 1.165) is 33.4 Å². The molecule has 2 fully saturated rings. The second-order valence-corrected chi connectivity index (χ2v) is 16.2. The monoisotopic (exact) mass is 882 g/mol. The van der Waals surface area contributed by atoms with Gasteiger partial charge >= 0.3 is 0 Å². The molecular formula is C54H58O11. The summed E-state index contributed by atoms with van der Waals surface area (Å²) in [5.41, 5.74) is 5.68. The smallest absolute Gasteiger partial charge is 0.186 e. The zero-order valence-electron chi connectivity index (χ0n) is 36.3. The molecule has 10 atom stereocenters. The Kier molecular flexibility index (Phi) is 17.4. The molecule has 0 bridgehead atoms. The molecule has 0 aromatic heterocycles. The van der Waals surface area contributed by atoms with Gasteiger partial charge in [-0.15, -0.1) is 0 Å². The van der Waals surface area contributed by atoms with Gasteiger partial charge in [-0.1, -0.05) is 182 Å². The van der Waals surface area contributed by atoms with Crippen LogP contribution < -0.4 is 0 Å². The Labute approximate surface area is 381 Å². The van der Waals surface area contributed by atoms with Crippen LogP contribution in [0, 0.1) is 0 Å². The Balaban J connectivity index is 1.05. The van der Waals surface area contributed by atoms with Crippen LogP contribution in [0.15, 0.2) is 182 Å². The fourth-order valence-corrected chi connectivity index (χ4v) is 8.05. The van der Waals surface area contributed by atoms with Crippen molar-refractivity contribution < 1.29 is 52.8 Å². The van der Waals surface area contributed by atoms with Gasteiger partial charge in [-0.2, -0.15) is 0 Å². The van der Waals surface area contributed by atoms with Crippen molar-refractivity contribution in [3.8, 4) is 0 Å². The van der Waals surface area contributed by atoms with E-state index in [1.807, 2.05) is 182 Å². The molecule has 0 amide bonds. The summed E-state index contributed by atoms with van der Waals surface area (Å²) >= 11 is 0. The van der Waals surface area contributed by atoms with Crippen molar-refractivity contribution in [2.24, 2.45) is 0 Å². The van der Waals surface area contributed by atoms with E-state index in [9.17, 15) is 10.2 Å². The number of aliphatic hydroxyl groups excluding tert-OH is 2. The number of hydrogen-bond donors (Lipinski definition) is 2. The minimum Gasteiger partial charge on any atom is -0.385 e. The molecule has 2 aliphatic rings. The lowest BCUT2D eigenvalue weighted by atomic mass is 9.97. The van der Waals surface area contributed by atoms with Gasteiger partial charge in [0.05, 0.1) is 52.9 Å². The Hall–Kier alpha value is -5.12. The van der Waals surface area contributed by atoms with Crippen LogP contribution in [0.3, 0.4) is 0 Å². The number of aliphatic hydroxyl groups is 2. The third kappa shape index (κ3) is 13.5. The first-order valence-corrected chi connectivity index (χ1v) is 22.3. The van der Waals surface area contributed by atoms with Gasteiger partial charge in [-0.25, -0.2) is 0 Å². The van der Waals surface area contributed by atoms with E-state index in [2.05, 4.69) is 0 Å². The van der Waals surface area contributed by atoms with Crippen molar-refractivity contribution in [2.75, 3.05) is 13.2 Å². The molecule has 6 aromatic carbocycles. The van der Waals surface area contributed by atoms with Crippen molar-refractivity contribution >= 4 is 0 Å². The first kappa shape index (κ1) is 46.4. The van der Waals surface area contributed by atoms with E-state index in [1.165, 1.54) is 0 Å². The average Bonchev–Trinajstić information content (AvgIpc) is 3.36. The molecule has 2 saturated heterocycles. The van der Waals surface area contributed by atoms with Crippen LogP contribution in [0.1, 0.15) is 33.4 Å². The first-order chi connectivity index (χ1) is 32.1. The summed E-state index contributed by atoms with van der Waals surface area (Å²) in [6, 6.07) is 58.8. The zero-order valence-corrected chi connectivity index (χ0v) is 36.3. The molecule has 0 saturated carbocycles. The molecule has 2 aliphatic heterocycles. The molecule has 11 heteroatoms. The number of benzene rings is 6.